The molecule has 138 valence electrons. The van der Waals surface area contributed by atoms with Gasteiger partial charge in [0.2, 0.25) is 0 Å². The van der Waals surface area contributed by atoms with Crippen LogP contribution in [0, 0.1) is 0 Å². The van der Waals surface area contributed by atoms with Gasteiger partial charge in [-0.15, -0.1) is 0 Å². The molecule has 0 fully saturated rings. The molecule has 0 aromatic heterocycles. The van der Waals surface area contributed by atoms with Crippen LogP contribution in [0.1, 0.15) is 42.2 Å². The van der Waals surface area contributed by atoms with E-state index in [1.807, 2.05) is 37.3 Å². The molecular formula is C21H25NO4. The number of carbonyl (C=O) groups is 2. The summed E-state index contributed by atoms with van der Waals surface area (Å²) in [6, 6.07) is 16.6. The minimum Gasteiger partial charge on any atom is -0.497 e. The van der Waals surface area contributed by atoms with Crippen molar-refractivity contribution in [3.63, 3.8) is 0 Å². The van der Waals surface area contributed by atoms with Gasteiger partial charge < -0.3 is 14.4 Å². The molecule has 0 aliphatic heterocycles. The number of carbonyl (C=O) groups excluding carboxylic acids is 2. The van der Waals surface area contributed by atoms with Crippen molar-refractivity contribution in [2.45, 2.75) is 26.3 Å². The quantitative estimate of drug-likeness (QED) is 0.675. The van der Waals surface area contributed by atoms with Gasteiger partial charge in [0.15, 0.2) is 0 Å². The van der Waals surface area contributed by atoms with Crippen molar-refractivity contribution in [1.29, 1.82) is 0 Å². The topological polar surface area (TPSA) is 55.8 Å². The van der Waals surface area contributed by atoms with Gasteiger partial charge in [0.05, 0.1) is 26.2 Å². The number of ether oxygens (including phenoxy) is 2. The van der Waals surface area contributed by atoms with Crippen molar-refractivity contribution in [2.24, 2.45) is 0 Å². The number of benzene rings is 2. The molecule has 0 bridgehead atoms. The Morgan fingerprint density at radius 2 is 1.81 bits per heavy atom. The third-order valence-corrected chi connectivity index (χ3v) is 4.19. The van der Waals surface area contributed by atoms with E-state index in [-0.39, 0.29) is 30.9 Å². The third kappa shape index (κ3) is 5.09. The molecule has 5 heteroatoms. The van der Waals surface area contributed by atoms with Gasteiger partial charge in [0.1, 0.15) is 5.75 Å². The van der Waals surface area contributed by atoms with Crippen molar-refractivity contribution < 1.29 is 19.1 Å². The highest BCUT2D eigenvalue weighted by Crippen LogP contribution is 2.24. The molecule has 0 aliphatic rings. The van der Waals surface area contributed by atoms with E-state index in [0.29, 0.717) is 17.9 Å². The fourth-order valence-corrected chi connectivity index (χ4v) is 2.75. The second-order valence-corrected chi connectivity index (χ2v) is 5.87. The molecule has 1 atom stereocenters. The van der Waals surface area contributed by atoms with E-state index in [9.17, 15) is 9.59 Å². The lowest BCUT2D eigenvalue weighted by Gasteiger charge is -2.29. The predicted octanol–water partition coefficient (Wildman–Crippen LogP) is 3.85. The van der Waals surface area contributed by atoms with E-state index >= 15 is 0 Å². The second-order valence-electron chi connectivity index (χ2n) is 5.87. The molecule has 1 unspecified atom stereocenters. The molecule has 26 heavy (non-hydrogen) atoms. The Labute approximate surface area is 154 Å². The number of amides is 1. The second kappa shape index (κ2) is 9.61. The van der Waals surface area contributed by atoms with Crippen molar-refractivity contribution in [3.05, 3.63) is 65.7 Å². The van der Waals surface area contributed by atoms with Gasteiger partial charge >= 0.3 is 5.97 Å². The van der Waals surface area contributed by atoms with Crippen LogP contribution in [0.25, 0.3) is 0 Å². The number of hydrogen-bond donors (Lipinski definition) is 0. The fraction of sp³-hybridized carbons (Fsp3) is 0.333. The first-order valence-electron chi connectivity index (χ1n) is 8.72. The maximum atomic E-state index is 13.1. The summed E-state index contributed by atoms with van der Waals surface area (Å²) in [5.74, 6) is 0.161. The standard InChI is InChI=1S/C21H25NO4/c1-4-26-20(23)13-14-22(16(2)17-9-6-5-7-10-17)21(24)18-11-8-12-19(15-18)25-3/h5-12,15-16H,4,13-14H2,1-3H3. The van der Waals surface area contributed by atoms with E-state index in [0.717, 1.165) is 5.56 Å². The summed E-state index contributed by atoms with van der Waals surface area (Å²) in [5.41, 5.74) is 1.53. The van der Waals surface area contributed by atoms with Crippen LogP contribution in [0.3, 0.4) is 0 Å². The summed E-state index contributed by atoms with van der Waals surface area (Å²) in [7, 11) is 1.56. The van der Waals surface area contributed by atoms with Crippen LogP contribution in [-0.2, 0) is 9.53 Å². The average molecular weight is 355 g/mol. The molecule has 0 heterocycles. The Morgan fingerprint density at radius 1 is 1.08 bits per heavy atom. The smallest absolute Gasteiger partial charge is 0.307 e. The van der Waals surface area contributed by atoms with E-state index < -0.39 is 0 Å². The molecule has 0 N–H and O–H groups in total. The first kappa shape index (κ1) is 19.5. The summed E-state index contributed by atoms with van der Waals surface area (Å²) < 4.78 is 10.2. The summed E-state index contributed by atoms with van der Waals surface area (Å²) >= 11 is 0. The first-order chi connectivity index (χ1) is 12.6. The van der Waals surface area contributed by atoms with Crippen LogP contribution in [0.15, 0.2) is 54.6 Å². The molecule has 0 aliphatic carbocycles. The normalized spacial score (nSPS) is 11.5. The summed E-state index contributed by atoms with van der Waals surface area (Å²) in [6.07, 6.45) is 0.153. The lowest BCUT2D eigenvalue weighted by atomic mass is 10.0. The molecule has 0 saturated heterocycles. The zero-order chi connectivity index (χ0) is 18.9. The molecule has 0 saturated carbocycles. The lowest BCUT2D eigenvalue weighted by molar-refractivity contribution is -0.143. The number of nitrogens with zero attached hydrogens (tertiary/aromatic N) is 1. The Balaban J connectivity index is 2.26. The van der Waals surface area contributed by atoms with Crippen LogP contribution < -0.4 is 4.74 Å². The first-order valence-corrected chi connectivity index (χ1v) is 8.72. The molecule has 2 aromatic rings. The summed E-state index contributed by atoms with van der Waals surface area (Å²) in [5, 5.41) is 0. The Hall–Kier alpha value is -2.82. The molecule has 2 aromatic carbocycles. The largest absolute Gasteiger partial charge is 0.497 e. The fourth-order valence-electron chi connectivity index (χ4n) is 2.75. The molecular weight excluding hydrogens is 330 g/mol. The van der Waals surface area contributed by atoms with Gasteiger partial charge in [-0.3, -0.25) is 9.59 Å². The van der Waals surface area contributed by atoms with Crippen molar-refractivity contribution in [3.8, 4) is 5.75 Å². The number of esters is 1. The summed E-state index contributed by atoms with van der Waals surface area (Å²) in [6.45, 7) is 4.34. The molecule has 0 spiro atoms. The third-order valence-electron chi connectivity index (χ3n) is 4.19. The van der Waals surface area contributed by atoms with Crippen LogP contribution in [-0.4, -0.2) is 37.0 Å². The maximum Gasteiger partial charge on any atom is 0.307 e. The van der Waals surface area contributed by atoms with Gasteiger partial charge in [-0.05, 0) is 37.6 Å². The number of hydrogen-bond acceptors (Lipinski definition) is 4. The molecule has 1 amide bonds. The highest BCUT2D eigenvalue weighted by Gasteiger charge is 2.24. The van der Waals surface area contributed by atoms with Crippen molar-refractivity contribution in [1.82, 2.24) is 4.90 Å². The maximum absolute atomic E-state index is 13.1. The van der Waals surface area contributed by atoms with E-state index in [1.165, 1.54) is 0 Å². The minimum absolute atomic E-state index is 0.149. The SMILES string of the molecule is CCOC(=O)CCN(C(=O)c1cccc(OC)c1)C(C)c1ccccc1. The highest BCUT2D eigenvalue weighted by molar-refractivity contribution is 5.95. The van der Waals surface area contributed by atoms with Crippen molar-refractivity contribution >= 4 is 11.9 Å². The highest BCUT2D eigenvalue weighted by atomic mass is 16.5. The number of rotatable bonds is 8. The van der Waals surface area contributed by atoms with Gasteiger partial charge in [-0.25, -0.2) is 0 Å². The lowest BCUT2D eigenvalue weighted by Crippen LogP contribution is -2.35. The summed E-state index contributed by atoms with van der Waals surface area (Å²) in [4.78, 5) is 26.6. The van der Waals surface area contributed by atoms with Gasteiger partial charge in [-0.1, -0.05) is 36.4 Å². The van der Waals surface area contributed by atoms with Crippen LogP contribution in [0.4, 0.5) is 0 Å². The zero-order valence-corrected chi connectivity index (χ0v) is 15.5. The van der Waals surface area contributed by atoms with Crippen LogP contribution >= 0.6 is 0 Å². The molecule has 0 radical (unpaired) electrons. The molecule has 5 nitrogen and oxygen atoms in total. The number of methoxy groups -OCH3 is 1. The Kier molecular flexibility index (Phi) is 7.21. The van der Waals surface area contributed by atoms with Crippen molar-refractivity contribution in [2.75, 3.05) is 20.3 Å². The Bertz CT molecular complexity index is 730. The van der Waals surface area contributed by atoms with Gasteiger partial charge in [-0.2, -0.15) is 0 Å². The average Bonchev–Trinajstić information content (AvgIpc) is 2.68. The van der Waals surface area contributed by atoms with E-state index in [2.05, 4.69) is 0 Å². The predicted molar refractivity (Wildman–Crippen MR) is 100 cm³/mol. The monoisotopic (exact) mass is 355 g/mol. The van der Waals surface area contributed by atoms with Gasteiger partial charge in [0, 0.05) is 12.1 Å². The van der Waals surface area contributed by atoms with Gasteiger partial charge in [0.25, 0.3) is 5.91 Å². The minimum atomic E-state index is -0.309. The zero-order valence-electron chi connectivity index (χ0n) is 15.5. The van der Waals surface area contributed by atoms with E-state index in [4.69, 9.17) is 9.47 Å². The van der Waals surface area contributed by atoms with Crippen LogP contribution in [0.2, 0.25) is 0 Å². The van der Waals surface area contributed by atoms with E-state index in [1.54, 1.807) is 43.2 Å². The van der Waals surface area contributed by atoms with Crippen LogP contribution in [0.5, 0.6) is 5.75 Å². The Morgan fingerprint density at radius 3 is 2.46 bits per heavy atom. The molecule has 2 rings (SSSR count).